The number of aromatic nitrogens is 3. The number of benzene rings is 1. The van der Waals surface area contributed by atoms with Crippen molar-refractivity contribution in [1.29, 1.82) is 0 Å². The number of carbonyl (C=O) groups is 1. The Kier molecular flexibility index (Phi) is 6.67. The van der Waals surface area contributed by atoms with Crippen LogP contribution in [-0.4, -0.2) is 65.5 Å². The number of hydrogen-bond acceptors (Lipinski definition) is 8. The molecule has 0 spiro atoms. The fraction of sp³-hybridized carbons (Fsp3) is 0.462. The zero-order valence-corrected chi connectivity index (χ0v) is 21.9. The van der Waals surface area contributed by atoms with Gasteiger partial charge in [-0.05, 0) is 57.5 Å². The van der Waals surface area contributed by atoms with E-state index in [0.717, 1.165) is 42.6 Å². The minimum atomic E-state index is -0.256. The standard InChI is InChI=1S/C26H33N7O2S.H2/c1-4-26(10-12-27)11-14-32(16-26)25-28-15-17-22(35)21(29-20(34)9-13-31(2)3)24-33(23(17)30-25)18-7-5-6-8-19(18)36-24;/h5-8,15H,4,9-14,16,27H2,1-3H3,(H,29,34);1H. The maximum Gasteiger partial charge on any atom is 0.227 e. The first-order valence-electron chi connectivity index (χ1n) is 12.5. The van der Waals surface area contributed by atoms with Crippen LogP contribution < -0.4 is 21.4 Å². The summed E-state index contributed by atoms with van der Waals surface area (Å²) >= 11 is 1.48. The molecule has 9 nitrogen and oxygen atoms in total. The van der Waals surface area contributed by atoms with Gasteiger partial charge in [-0.3, -0.25) is 14.0 Å². The molecule has 0 saturated carbocycles. The van der Waals surface area contributed by atoms with E-state index in [1.165, 1.54) is 11.3 Å². The van der Waals surface area contributed by atoms with Crippen molar-refractivity contribution >= 4 is 55.0 Å². The number of para-hydroxylation sites is 1. The molecule has 3 aromatic heterocycles. The van der Waals surface area contributed by atoms with Crippen molar-refractivity contribution in [3.8, 4) is 0 Å². The highest BCUT2D eigenvalue weighted by Gasteiger charge is 2.37. The number of fused-ring (bicyclic) bond motifs is 5. The van der Waals surface area contributed by atoms with Gasteiger partial charge in [-0.25, -0.2) is 4.98 Å². The summed E-state index contributed by atoms with van der Waals surface area (Å²) in [4.78, 5) is 40.7. The van der Waals surface area contributed by atoms with E-state index in [0.29, 0.717) is 41.3 Å². The zero-order valence-electron chi connectivity index (χ0n) is 21.1. The molecule has 10 heteroatoms. The summed E-state index contributed by atoms with van der Waals surface area (Å²) in [5, 5.41) is 3.29. The molecule has 192 valence electrons. The van der Waals surface area contributed by atoms with Crippen molar-refractivity contribution in [2.75, 3.05) is 50.5 Å². The van der Waals surface area contributed by atoms with Crippen molar-refractivity contribution in [1.82, 2.24) is 19.3 Å². The lowest BCUT2D eigenvalue weighted by Gasteiger charge is -2.27. The topological polar surface area (TPSA) is 109 Å². The first-order chi connectivity index (χ1) is 17.4. The number of nitrogens with zero attached hydrogens (tertiary/aromatic N) is 5. The van der Waals surface area contributed by atoms with Gasteiger partial charge in [-0.15, -0.1) is 11.3 Å². The molecule has 1 fully saturated rings. The summed E-state index contributed by atoms with van der Waals surface area (Å²) in [7, 11) is 3.83. The van der Waals surface area contributed by atoms with Crippen LogP contribution in [0.15, 0.2) is 35.3 Å². The van der Waals surface area contributed by atoms with Gasteiger partial charge in [0.2, 0.25) is 17.3 Å². The fourth-order valence-electron chi connectivity index (χ4n) is 5.16. The molecule has 1 aliphatic heterocycles. The molecule has 1 amide bonds. The summed E-state index contributed by atoms with van der Waals surface area (Å²) in [6.45, 7) is 5.20. The van der Waals surface area contributed by atoms with Crippen LogP contribution >= 0.6 is 11.3 Å². The second-order valence-electron chi connectivity index (χ2n) is 9.99. The van der Waals surface area contributed by atoms with Crippen molar-refractivity contribution in [3.05, 3.63) is 40.7 Å². The first-order valence-corrected chi connectivity index (χ1v) is 13.3. The highest BCUT2D eigenvalue weighted by atomic mass is 32.1. The summed E-state index contributed by atoms with van der Waals surface area (Å²) in [6.07, 6.45) is 5.00. The number of nitrogens with one attached hydrogen (secondary N) is 1. The summed E-state index contributed by atoms with van der Waals surface area (Å²) < 4.78 is 3.01. The van der Waals surface area contributed by atoms with E-state index < -0.39 is 0 Å². The molecule has 1 atom stereocenters. The Labute approximate surface area is 215 Å². The second kappa shape index (κ2) is 9.76. The lowest BCUT2D eigenvalue weighted by molar-refractivity contribution is -0.116. The fourth-order valence-corrected chi connectivity index (χ4v) is 6.30. The molecule has 1 unspecified atom stereocenters. The Morgan fingerprint density at radius 3 is 2.89 bits per heavy atom. The molecule has 4 aromatic rings. The van der Waals surface area contributed by atoms with Crippen LogP contribution in [-0.2, 0) is 4.79 Å². The molecule has 1 saturated heterocycles. The van der Waals surface area contributed by atoms with E-state index in [1.807, 2.05) is 47.7 Å². The molecule has 3 N–H and O–H groups in total. The second-order valence-corrected chi connectivity index (χ2v) is 11.0. The van der Waals surface area contributed by atoms with Gasteiger partial charge in [0, 0.05) is 33.7 Å². The van der Waals surface area contributed by atoms with Crippen LogP contribution in [0.3, 0.4) is 0 Å². The third-order valence-corrected chi connectivity index (χ3v) is 8.51. The molecule has 5 rings (SSSR count). The third kappa shape index (κ3) is 4.33. The Morgan fingerprint density at radius 1 is 1.33 bits per heavy atom. The van der Waals surface area contributed by atoms with Crippen LogP contribution in [0, 0.1) is 5.41 Å². The maximum absolute atomic E-state index is 13.6. The number of thiazole rings is 1. The van der Waals surface area contributed by atoms with E-state index in [2.05, 4.69) is 22.1 Å². The predicted octanol–water partition coefficient (Wildman–Crippen LogP) is 3.55. The molecule has 4 heterocycles. The van der Waals surface area contributed by atoms with Gasteiger partial charge in [0.15, 0.2) is 5.65 Å². The minimum absolute atomic E-state index is 0. The lowest BCUT2D eigenvalue weighted by Crippen LogP contribution is -2.30. The number of anilines is 2. The highest BCUT2D eigenvalue weighted by molar-refractivity contribution is 7.24. The number of pyridine rings is 1. The maximum atomic E-state index is 13.6. The highest BCUT2D eigenvalue weighted by Crippen LogP contribution is 2.39. The van der Waals surface area contributed by atoms with Crippen LogP contribution in [0.5, 0.6) is 0 Å². The quantitative estimate of drug-likeness (QED) is 0.374. The van der Waals surface area contributed by atoms with Gasteiger partial charge in [0.1, 0.15) is 10.5 Å². The summed E-state index contributed by atoms with van der Waals surface area (Å²) in [6, 6.07) is 7.98. The van der Waals surface area contributed by atoms with Gasteiger partial charge < -0.3 is 20.9 Å². The molecule has 0 radical (unpaired) electrons. The van der Waals surface area contributed by atoms with Crippen LogP contribution in [0.4, 0.5) is 11.6 Å². The van der Waals surface area contributed by atoms with Gasteiger partial charge in [-0.1, -0.05) is 19.1 Å². The molecular formula is C26H35N7O2S. The Morgan fingerprint density at radius 2 is 2.14 bits per heavy atom. The van der Waals surface area contributed by atoms with Gasteiger partial charge in [0.25, 0.3) is 0 Å². The molecule has 0 bridgehead atoms. The lowest BCUT2D eigenvalue weighted by atomic mass is 9.81. The number of rotatable bonds is 8. The SMILES string of the molecule is CCC1(CCN)CCN(c2ncc3c(=O)c(NC(=O)CCN(C)C)c4sc5ccccc5n4c3n2)C1.[HH]. The molecule has 0 aliphatic carbocycles. The molecule has 36 heavy (non-hydrogen) atoms. The molecule has 1 aromatic carbocycles. The Bertz CT molecular complexity index is 1500. The van der Waals surface area contributed by atoms with Crippen LogP contribution in [0.2, 0.25) is 0 Å². The summed E-state index contributed by atoms with van der Waals surface area (Å²) in [5.41, 5.74) is 7.63. The molecule has 1 aliphatic rings. The number of amides is 1. The van der Waals surface area contributed by atoms with E-state index in [9.17, 15) is 9.59 Å². The predicted molar refractivity (Wildman–Crippen MR) is 149 cm³/mol. The van der Waals surface area contributed by atoms with E-state index in [4.69, 9.17) is 10.7 Å². The van der Waals surface area contributed by atoms with Crippen molar-refractivity contribution in [3.63, 3.8) is 0 Å². The molecular weight excluding hydrogens is 474 g/mol. The average Bonchev–Trinajstić information content (AvgIpc) is 3.48. The van der Waals surface area contributed by atoms with Crippen molar-refractivity contribution in [2.24, 2.45) is 11.1 Å². The van der Waals surface area contributed by atoms with Crippen LogP contribution in [0.1, 0.15) is 34.0 Å². The van der Waals surface area contributed by atoms with E-state index in [-0.39, 0.29) is 23.9 Å². The minimum Gasteiger partial charge on any atom is -0.340 e. The Balaban J connectivity index is 0.00000320. The average molecular weight is 510 g/mol. The zero-order chi connectivity index (χ0) is 25.4. The van der Waals surface area contributed by atoms with E-state index in [1.54, 1.807) is 6.20 Å². The smallest absolute Gasteiger partial charge is 0.227 e. The largest absolute Gasteiger partial charge is 0.340 e. The normalized spacial score (nSPS) is 18.2. The first kappa shape index (κ1) is 24.6. The monoisotopic (exact) mass is 509 g/mol. The third-order valence-electron chi connectivity index (χ3n) is 7.37. The summed E-state index contributed by atoms with van der Waals surface area (Å²) in [5.74, 6) is 0.436. The van der Waals surface area contributed by atoms with Gasteiger partial charge in [0.05, 0.1) is 15.6 Å². The van der Waals surface area contributed by atoms with E-state index >= 15 is 0 Å². The van der Waals surface area contributed by atoms with Gasteiger partial charge >= 0.3 is 0 Å². The number of hydrogen-bond donors (Lipinski definition) is 2. The van der Waals surface area contributed by atoms with Crippen molar-refractivity contribution in [2.45, 2.75) is 32.6 Å². The van der Waals surface area contributed by atoms with Crippen LogP contribution in [0.25, 0.3) is 26.1 Å². The van der Waals surface area contributed by atoms with Crippen molar-refractivity contribution < 1.29 is 6.22 Å². The number of nitrogens with two attached hydrogens (primary N) is 1. The number of carbonyl (C=O) groups excluding carboxylic acids is 1. The van der Waals surface area contributed by atoms with Gasteiger partial charge in [-0.2, -0.15) is 4.98 Å². The Hall–Kier alpha value is -3.08.